The van der Waals surface area contributed by atoms with Crippen LogP contribution in [0.2, 0.25) is 0 Å². The van der Waals surface area contributed by atoms with Gasteiger partial charge in [0, 0.05) is 12.6 Å². The van der Waals surface area contributed by atoms with E-state index in [-0.39, 0.29) is 12.0 Å². The van der Waals surface area contributed by atoms with Crippen LogP contribution in [0.15, 0.2) is 0 Å². The number of esters is 1. The first-order valence-corrected chi connectivity index (χ1v) is 5.21. The van der Waals surface area contributed by atoms with E-state index in [2.05, 4.69) is 17.0 Å². The largest absolute Gasteiger partial charge is 0.468 e. The average Bonchev–Trinajstić information content (AvgIpc) is 2.59. The summed E-state index contributed by atoms with van der Waals surface area (Å²) in [6, 6.07) is 0.0907. The second-order valence-electron chi connectivity index (χ2n) is 4.09. The number of nitrogens with two attached hydrogens (primary N) is 1. The molecule has 4 heteroatoms. The lowest BCUT2D eigenvalue weighted by molar-refractivity contribution is -0.143. The van der Waals surface area contributed by atoms with Crippen LogP contribution >= 0.6 is 0 Å². The molecule has 0 aromatic heterocycles. The molecule has 82 valence electrons. The van der Waals surface area contributed by atoms with Gasteiger partial charge in [0.25, 0.3) is 0 Å². The normalized spacial score (nSPS) is 28.8. The van der Waals surface area contributed by atoms with Crippen molar-refractivity contribution in [1.82, 2.24) is 5.32 Å². The van der Waals surface area contributed by atoms with Crippen LogP contribution in [0.3, 0.4) is 0 Å². The summed E-state index contributed by atoms with van der Waals surface area (Å²) >= 11 is 0. The molecule has 0 radical (unpaired) electrons. The van der Waals surface area contributed by atoms with E-state index in [1.807, 2.05) is 0 Å². The van der Waals surface area contributed by atoms with Crippen molar-refractivity contribution in [3.8, 4) is 0 Å². The molecule has 1 aliphatic rings. The molecule has 3 N–H and O–H groups in total. The topological polar surface area (TPSA) is 64.3 Å². The monoisotopic (exact) mass is 200 g/mol. The molecule has 1 rings (SSSR count). The second kappa shape index (κ2) is 5.32. The van der Waals surface area contributed by atoms with Gasteiger partial charge in [-0.15, -0.1) is 0 Å². The first kappa shape index (κ1) is 11.5. The number of carbonyl (C=O) groups excluding carboxylic acids is 1. The van der Waals surface area contributed by atoms with Gasteiger partial charge < -0.3 is 15.8 Å². The maximum atomic E-state index is 11.2. The van der Waals surface area contributed by atoms with E-state index in [4.69, 9.17) is 5.73 Å². The van der Waals surface area contributed by atoms with Crippen LogP contribution in [0.5, 0.6) is 0 Å². The zero-order valence-corrected chi connectivity index (χ0v) is 8.95. The molecule has 0 spiro atoms. The quantitative estimate of drug-likeness (QED) is 0.639. The van der Waals surface area contributed by atoms with Gasteiger partial charge >= 0.3 is 5.97 Å². The summed E-state index contributed by atoms with van der Waals surface area (Å²) in [5.41, 5.74) is 5.50. The molecule has 0 aromatic rings. The highest BCUT2D eigenvalue weighted by atomic mass is 16.5. The number of nitrogens with one attached hydrogen (secondary N) is 1. The number of methoxy groups -OCH3 is 1. The zero-order valence-electron chi connectivity index (χ0n) is 8.95. The molecule has 0 amide bonds. The van der Waals surface area contributed by atoms with Crippen LogP contribution in [0, 0.1) is 5.92 Å². The zero-order chi connectivity index (χ0) is 10.6. The third kappa shape index (κ3) is 2.96. The smallest absolute Gasteiger partial charge is 0.324 e. The van der Waals surface area contributed by atoms with Gasteiger partial charge in [-0.25, -0.2) is 0 Å². The van der Waals surface area contributed by atoms with Gasteiger partial charge in [-0.3, -0.25) is 4.79 Å². The van der Waals surface area contributed by atoms with Gasteiger partial charge in [0.15, 0.2) is 0 Å². The fourth-order valence-electron chi connectivity index (χ4n) is 2.02. The van der Waals surface area contributed by atoms with Gasteiger partial charge in [0.1, 0.15) is 6.04 Å². The van der Waals surface area contributed by atoms with E-state index < -0.39 is 0 Å². The van der Waals surface area contributed by atoms with Crippen LogP contribution in [0.4, 0.5) is 0 Å². The number of carbonyl (C=O) groups is 1. The predicted octanol–water partition coefficient (Wildman–Crippen LogP) is 0.265. The Bertz CT molecular complexity index is 197. The maximum Gasteiger partial charge on any atom is 0.324 e. The van der Waals surface area contributed by atoms with Crippen molar-refractivity contribution in [2.45, 2.75) is 38.3 Å². The summed E-state index contributed by atoms with van der Waals surface area (Å²) in [7, 11) is 1.39. The van der Waals surface area contributed by atoms with Gasteiger partial charge in [-0.1, -0.05) is 6.92 Å². The third-order valence-corrected chi connectivity index (χ3v) is 2.85. The van der Waals surface area contributed by atoms with E-state index in [1.54, 1.807) is 0 Å². The lowest BCUT2D eigenvalue weighted by Crippen LogP contribution is -2.47. The fraction of sp³-hybridized carbons (Fsp3) is 0.900. The van der Waals surface area contributed by atoms with E-state index in [0.717, 1.165) is 18.8 Å². The summed E-state index contributed by atoms with van der Waals surface area (Å²) < 4.78 is 4.66. The summed E-state index contributed by atoms with van der Waals surface area (Å²) in [6.45, 7) is 2.54. The Morgan fingerprint density at radius 1 is 1.64 bits per heavy atom. The highest BCUT2D eigenvalue weighted by Gasteiger charge is 2.26. The lowest BCUT2D eigenvalue weighted by Gasteiger charge is -2.19. The molecule has 0 bridgehead atoms. The average molecular weight is 200 g/mol. The van der Waals surface area contributed by atoms with E-state index in [1.165, 1.54) is 13.5 Å². The van der Waals surface area contributed by atoms with Crippen molar-refractivity contribution in [2.75, 3.05) is 13.7 Å². The van der Waals surface area contributed by atoms with Crippen LogP contribution in [0.25, 0.3) is 0 Å². The van der Waals surface area contributed by atoms with Crippen LogP contribution < -0.4 is 11.1 Å². The first-order valence-electron chi connectivity index (χ1n) is 5.21. The van der Waals surface area contributed by atoms with Crippen molar-refractivity contribution in [3.05, 3.63) is 0 Å². The van der Waals surface area contributed by atoms with E-state index in [0.29, 0.717) is 12.6 Å². The number of hydrogen-bond donors (Lipinski definition) is 2. The van der Waals surface area contributed by atoms with E-state index in [9.17, 15) is 4.79 Å². The van der Waals surface area contributed by atoms with Crippen molar-refractivity contribution in [3.63, 3.8) is 0 Å². The molecular weight excluding hydrogens is 180 g/mol. The van der Waals surface area contributed by atoms with Crippen LogP contribution in [-0.2, 0) is 9.53 Å². The first-order chi connectivity index (χ1) is 6.67. The van der Waals surface area contributed by atoms with E-state index >= 15 is 0 Å². The molecule has 3 atom stereocenters. The molecule has 3 unspecified atom stereocenters. The highest BCUT2D eigenvalue weighted by molar-refractivity contribution is 5.75. The summed E-state index contributed by atoms with van der Waals surface area (Å²) in [5, 5.41) is 3.25. The van der Waals surface area contributed by atoms with Gasteiger partial charge in [0.2, 0.25) is 0 Å². The van der Waals surface area contributed by atoms with Gasteiger partial charge in [0.05, 0.1) is 7.11 Å². The Labute approximate surface area is 85.2 Å². The molecule has 1 saturated carbocycles. The Morgan fingerprint density at radius 2 is 2.36 bits per heavy atom. The third-order valence-electron chi connectivity index (χ3n) is 2.85. The summed E-state index contributed by atoms with van der Waals surface area (Å²) in [6.07, 6.45) is 3.50. The Balaban J connectivity index is 2.36. The molecule has 1 fully saturated rings. The van der Waals surface area contributed by atoms with Crippen molar-refractivity contribution in [1.29, 1.82) is 0 Å². The summed E-state index contributed by atoms with van der Waals surface area (Å²) in [4.78, 5) is 11.2. The van der Waals surface area contributed by atoms with Gasteiger partial charge in [-0.05, 0) is 25.2 Å². The van der Waals surface area contributed by atoms with Gasteiger partial charge in [-0.2, -0.15) is 0 Å². The van der Waals surface area contributed by atoms with Crippen molar-refractivity contribution < 1.29 is 9.53 Å². The molecule has 14 heavy (non-hydrogen) atoms. The molecule has 4 nitrogen and oxygen atoms in total. The Hall–Kier alpha value is -0.610. The predicted molar refractivity (Wildman–Crippen MR) is 54.8 cm³/mol. The SMILES string of the molecule is COC(=O)C(CN)NC1CCC(C)C1. The van der Waals surface area contributed by atoms with Crippen molar-refractivity contribution >= 4 is 5.97 Å². The number of hydrogen-bond acceptors (Lipinski definition) is 4. The molecule has 0 aliphatic heterocycles. The Morgan fingerprint density at radius 3 is 2.79 bits per heavy atom. The van der Waals surface area contributed by atoms with Crippen LogP contribution in [-0.4, -0.2) is 31.7 Å². The highest BCUT2D eigenvalue weighted by Crippen LogP contribution is 2.24. The molecule has 0 heterocycles. The minimum atomic E-state index is -0.338. The second-order valence-corrected chi connectivity index (χ2v) is 4.09. The minimum absolute atomic E-state index is 0.257. The number of rotatable bonds is 4. The summed E-state index contributed by atoms with van der Waals surface area (Å²) in [5.74, 6) is 0.496. The Kier molecular flexibility index (Phi) is 4.35. The minimum Gasteiger partial charge on any atom is -0.468 e. The molecule has 1 aliphatic carbocycles. The fourth-order valence-corrected chi connectivity index (χ4v) is 2.02. The molecule has 0 aromatic carbocycles. The van der Waals surface area contributed by atoms with Crippen LogP contribution in [0.1, 0.15) is 26.2 Å². The standard InChI is InChI=1S/C10H20N2O2/c1-7-3-4-8(5-7)12-9(6-11)10(13)14-2/h7-9,12H,3-6,11H2,1-2H3. The number of ether oxygens (including phenoxy) is 1. The lowest BCUT2D eigenvalue weighted by atomic mass is 10.1. The van der Waals surface area contributed by atoms with Crippen molar-refractivity contribution in [2.24, 2.45) is 11.7 Å². The molecule has 0 saturated heterocycles. The maximum absolute atomic E-state index is 11.2. The molecular formula is C10H20N2O2.